The second-order valence-electron chi connectivity index (χ2n) is 4.05. The maximum absolute atomic E-state index is 13.6. The van der Waals surface area contributed by atoms with E-state index >= 15 is 0 Å². The highest BCUT2D eigenvalue weighted by Crippen LogP contribution is 2.19. The normalized spacial score (nSPS) is 10.3. The van der Waals surface area contributed by atoms with Gasteiger partial charge in [0.1, 0.15) is 11.6 Å². The summed E-state index contributed by atoms with van der Waals surface area (Å²) >= 11 is 3.27. The average Bonchev–Trinajstić information content (AvgIpc) is 2.33. The van der Waals surface area contributed by atoms with Crippen LogP contribution in [0.3, 0.4) is 0 Å². The van der Waals surface area contributed by atoms with Gasteiger partial charge < -0.3 is 5.32 Å². The fourth-order valence-electron chi connectivity index (χ4n) is 1.60. The first-order valence-corrected chi connectivity index (χ1v) is 6.29. The van der Waals surface area contributed by atoms with Crippen molar-refractivity contribution in [2.24, 2.45) is 0 Å². The van der Waals surface area contributed by atoms with Gasteiger partial charge >= 0.3 is 0 Å². The predicted octanol–water partition coefficient (Wildman–Crippen LogP) is 4.29. The maximum Gasteiger partial charge on any atom is 0.258 e. The van der Waals surface area contributed by atoms with E-state index in [1.54, 1.807) is 24.3 Å². The lowest BCUT2D eigenvalue weighted by molar-refractivity contribution is 0.102. The van der Waals surface area contributed by atoms with Gasteiger partial charge in [0.15, 0.2) is 0 Å². The first-order valence-electron chi connectivity index (χ1n) is 5.50. The Morgan fingerprint density at radius 2 is 1.89 bits per heavy atom. The SMILES string of the molecule is Cc1cc(C(=O)Nc2cccc(Br)c2)c(F)cc1F. The quantitative estimate of drug-likeness (QED) is 0.876. The predicted molar refractivity (Wildman–Crippen MR) is 73.2 cm³/mol. The summed E-state index contributed by atoms with van der Waals surface area (Å²) in [5, 5.41) is 2.56. The molecule has 0 saturated heterocycles. The molecule has 5 heteroatoms. The van der Waals surface area contributed by atoms with E-state index in [0.717, 1.165) is 4.47 Å². The Morgan fingerprint density at radius 3 is 2.58 bits per heavy atom. The number of aryl methyl sites for hydroxylation is 1. The molecule has 0 spiro atoms. The number of halogens is 3. The molecule has 0 saturated carbocycles. The van der Waals surface area contributed by atoms with Gasteiger partial charge in [-0.25, -0.2) is 8.78 Å². The third-order valence-electron chi connectivity index (χ3n) is 2.58. The van der Waals surface area contributed by atoms with Crippen LogP contribution in [-0.2, 0) is 0 Å². The van der Waals surface area contributed by atoms with Crippen LogP contribution in [0.4, 0.5) is 14.5 Å². The number of nitrogens with one attached hydrogen (secondary N) is 1. The van der Waals surface area contributed by atoms with Crippen molar-refractivity contribution in [2.45, 2.75) is 6.92 Å². The molecule has 0 bridgehead atoms. The van der Waals surface area contributed by atoms with Crippen molar-refractivity contribution in [2.75, 3.05) is 5.32 Å². The summed E-state index contributed by atoms with van der Waals surface area (Å²) in [5.41, 5.74) is 0.570. The molecule has 0 unspecified atom stereocenters. The maximum atomic E-state index is 13.6. The van der Waals surface area contributed by atoms with Crippen molar-refractivity contribution in [1.82, 2.24) is 0 Å². The highest BCUT2D eigenvalue weighted by molar-refractivity contribution is 9.10. The van der Waals surface area contributed by atoms with Crippen LogP contribution in [0.25, 0.3) is 0 Å². The molecule has 0 aliphatic heterocycles. The van der Waals surface area contributed by atoms with E-state index in [9.17, 15) is 13.6 Å². The van der Waals surface area contributed by atoms with Crippen LogP contribution < -0.4 is 5.32 Å². The van der Waals surface area contributed by atoms with Crippen molar-refractivity contribution in [3.05, 3.63) is 63.6 Å². The zero-order valence-corrected chi connectivity index (χ0v) is 11.6. The number of carbonyl (C=O) groups excluding carboxylic acids is 1. The number of amides is 1. The lowest BCUT2D eigenvalue weighted by Gasteiger charge is -2.08. The van der Waals surface area contributed by atoms with Gasteiger partial charge in [-0.05, 0) is 36.8 Å². The summed E-state index contributed by atoms with van der Waals surface area (Å²) in [7, 11) is 0. The average molecular weight is 326 g/mol. The Morgan fingerprint density at radius 1 is 1.16 bits per heavy atom. The Hall–Kier alpha value is -1.75. The molecule has 0 fully saturated rings. The topological polar surface area (TPSA) is 29.1 Å². The van der Waals surface area contributed by atoms with Crippen LogP contribution in [0.15, 0.2) is 40.9 Å². The lowest BCUT2D eigenvalue weighted by Crippen LogP contribution is -2.14. The molecule has 2 nitrogen and oxygen atoms in total. The third kappa shape index (κ3) is 3.17. The number of anilines is 1. The number of hydrogen-bond donors (Lipinski definition) is 1. The van der Waals surface area contributed by atoms with E-state index in [4.69, 9.17) is 0 Å². The van der Waals surface area contributed by atoms with Gasteiger partial charge in [-0.15, -0.1) is 0 Å². The Balaban J connectivity index is 2.28. The molecule has 0 heterocycles. The summed E-state index contributed by atoms with van der Waals surface area (Å²) in [6.45, 7) is 1.48. The van der Waals surface area contributed by atoms with Crippen LogP contribution >= 0.6 is 15.9 Å². The molecule has 0 aliphatic carbocycles. The third-order valence-corrected chi connectivity index (χ3v) is 3.07. The summed E-state index contributed by atoms with van der Waals surface area (Å²) < 4.78 is 27.5. The highest BCUT2D eigenvalue weighted by Gasteiger charge is 2.14. The number of rotatable bonds is 2. The molecular weight excluding hydrogens is 316 g/mol. The monoisotopic (exact) mass is 325 g/mol. The Kier molecular flexibility index (Phi) is 3.95. The van der Waals surface area contributed by atoms with Crippen molar-refractivity contribution < 1.29 is 13.6 Å². The smallest absolute Gasteiger partial charge is 0.258 e. The van der Waals surface area contributed by atoms with Crippen molar-refractivity contribution in [1.29, 1.82) is 0 Å². The van der Waals surface area contributed by atoms with E-state index < -0.39 is 17.5 Å². The molecular formula is C14H10BrF2NO. The molecule has 1 amide bonds. The van der Waals surface area contributed by atoms with Crippen LogP contribution in [-0.4, -0.2) is 5.91 Å². The van der Waals surface area contributed by atoms with Crippen LogP contribution in [0, 0.1) is 18.6 Å². The molecule has 0 atom stereocenters. The summed E-state index contributed by atoms with van der Waals surface area (Å²) in [4.78, 5) is 11.9. The summed E-state index contributed by atoms with van der Waals surface area (Å²) in [5.74, 6) is -2.16. The second kappa shape index (κ2) is 5.48. The molecule has 1 N–H and O–H groups in total. The summed E-state index contributed by atoms with van der Waals surface area (Å²) in [6, 6.07) is 8.82. The minimum atomic E-state index is -0.879. The zero-order chi connectivity index (χ0) is 14.0. The number of benzene rings is 2. The van der Waals surface area contributed by atoms with Crippen LogP contribution in [0.5, 0.6) is 0 Å². The minimum Gasteiger partial charge on any atom is -0.322 e. The number of hydrogen-bond acceptors (Lipinski definition) is 1. The highest BCUT2D eigenvalue weighted by atomic mass is 79.9. The van der Waals surface area contributed by atoms with Crippen LogP contribution in [0.2, 0.25) is 0 Å². The zero-order valence-electron chi connectivity index (χ0n) is 10.0. The van der Waals surface area contributed by atoms with E-state index in [1.807, 2.05) is 0 Å². The summed E-state index contributed by atoms with van der Waals surface area (Å²) in [6.07, 6.45) is 0. The molecule has 98 valence electrons. The van der Waals surface area contributed by atoms with E-state index in [1.165, 1.54) is 13.0 Å². The Bertz CT molecular complexity index is 643. The minimum absolute atomic E-state index is 0.182. The van der Waals surface area contributed by atoms with Gasteiger partial charge in [-0.1, -0.05) is 22.0 Å². The Labute approximate surface area is 117 Å². The van der Waals surface area contributed by atoms with Gasteiger partial charge in [0.25, 0.3) is 5.91 Å². The fraction of sp³-hybridized carbons (Fsp3) is 0.0714. The van der Waals surface area contributed by atoms with Crippen molar-refractivity contribution in [3.8, 4) is 0 Å². The van der Waals surface area contributed by atoms with Gasteiger partial charge in [0, 0.05) is 16.2 Å². The first-order chi connectivity index (χ1) is 8.97. The molecule has 0 aromatic heterocycles. The van der Waals surface area contributed by atoms with Gasteiger partial charge in [-0.2, -0.15) is 0 Å². The molecule has 2 rings (SSSR count). The fourth-order valence-corrected chi connectivity index (χ4v) is 2.00. The largest absolute Gasteiger partial charge is 0.322 e. The van der Waals surface area contributed by atoms with Crippen molar-refractivity contribution in [3.63, 3.8) is 0 Å². The molecule has 0 radical (unpaired) electrons. The van der Waals surface area contributed by atoms with E-state index in [-0.39, 0.29) is 11.1 Å². The standard InChI is InChI=1S/C14H10BrF2NO/c1-8-5-11(13(17)7-12(8)16)14(19)18-10-4-2-3-9(15)6-10/h2-7H,1H3,(H,18,19). The first kappa shape index (κ1) is 13.7. The molecule has 0 aliphatic rings. The molecule has 2 aromatic rings. The molecule has 19 heavy (non-hydrogen) atoms. The number of carbonyl (C=O) groups is 1. The van der Waals surface area contributed by atoms with Gasteiger partial charge in [-0.3, -0.25) is 4.79 Å². The van der Waals surface area contributed by atoms with E-state index in [2.05, 4.69) is 21.2 Å². The van der Waals surface area contributed by atoms with Gasteiger partial charge in [0.2, 0.25) is 0 Å². The lowest BCUT2D eigenvalue weighted by atomic mass is 10.1. The van der Waals surface area contributed by atoms with E-state index in [0.29, 0.717) is 11.8 Å². The molecule has 2 aromatic carbocycles. The van der Waals surface area contributed by atoms with Crippen molar-refractivity contribution >= 4 is 27.5 Å². The van der Waals surface area contributed by atoms with Crippen LogP contribution in [0.1, 0.15) is 15.9 Å². The van der Waals surface area contributed by atoms with Gasteiger partial charge in [0.05, 0.1) is 5.56 Å². The second-order valence-corrected chi connectivity index (χ2v) is 4.96.